The van der Waals surface area contributed by atoms with Gasteiger partial charge in [0.25, 0.3) is 0 Å². The van der Waals surface area contributed by atoms with Crippen molar-refractivity contribution in [2.45, 2.75) is 13.5 Å². The van der Waals surface area contributed by atoms with E-state index in [1.807, 2.05) is 13.0 Å². The SMILES string of the molecule is COc1ccc(C(=O)Cn2nccc2C)cc1. The van der Waals surface area contributed by atoms with Crippen LogP contribution in [0.4, 0.5) is 0 Å². The first-order chi connectivity index (χ1) is 8.20. The minimum Gasteiger partial charge on any atom is -0.497 e. The Morgan fingerprint density at radius 3 is 2.53 bits per heavy atom. The lowest BCUT2D eigenvalue weighted by Crippen LogP contribution is -2.12. The molecule has 0 amide bonds. The number of ketones is 1. The van der Waals surface area contributed by atoms with Crippen molar-refractivity contribution in [3.63, 3.8) is 0 Å². The molecule has 2 rings (SSSR count). The molecular formula is C13H14N2O2. The summed E-state index contributed by atoms with van der Waals surface area (Å²) in [5.41, 5.74) is 1.65. The van der Waals surface area contributed by atoms with Crippen molar-refractivity contribution in [1.82, 2.24) is 9.78 Å². The van der Waals surface area contributed by atoms with Crippen LogP contribution < -0.4 is 4.74 Å². The normalized spacial score (nSPS) is 10.2. The number of aromatic nitrogens is 2. The Morgan fingerprint density at radius 2 is 2.00 bits per heavy atom. The first-order valence-electron chi connectivity index (χ1n) is 5.36. The summed E-state index contributed by atoms with van der Waals surface area (Å²) in [5.74, 6) is 0.788. The van der Waals surface area contributed by atoms with E-state index in [4.69, 9.17) is 4.74 Å². The highest BCUT2D eigenvalue weighted by molar-refractivity contribution is 5.95. The molecular weight excluding hydrogens is 216 g/mol. The average molecular weight is 230 g/mol. The van der Waals surface area contributed by atoms with Crippen LogP contribution in [-0.4, -0.2) is 22.7 Å². The fraction of sp³-hybridized carbons (Fsp3) is 0.231. The molecule has 0 aliphatic rings. The predicted molar refractivity (Wildman–Crippen MR) is 64.3 cm³/mol. The fourth-order valence-corrected chi connectivity index (χ4v) is 1.57. The van der Waals surface area contributed by atoms with Crippen LogP contribution in [0.15, 0.2) is 36.5 Å². The molecule has 0 unspecified atom stereocenters. The molecule has 0 radical (unpaired) electrons. The van der Waals surface area contributed by atoms with Crippen molar-refractivity contribution in [3.05, 3.63) is 47.8 Å². The Bertz CT molecular complexity index is 514. The van der Waals surface area contributed by atoms with Gasteiger partial charge in [-0.3, -0.25) is 9.48 Å². The maximum absolute atomic E-state index is 12.0. The van der Waals surface area contributed by atoms with Gasteiger partial charge in [0.05, 0.1) is 7.11 Å². The number of nitrogens with zero attached hydrogens (tertiary/aromatic N) is 2. The molecule has 0 N–H and O–H groups in total. The quantitative estimate of drug-likeness (QED) is 0.755. The van der Waals surface area contributed by atoms with Crippen LogP contribution in [0, 0.1) is 6.92 Å². The molecule has 0 aliphatic carbocycles. The van der Waals surface area contributed by atoms with Crippen LogP contribution in [0.1, 0.15) is 16.1 Å². The smallest absolute Gasteiger partial charge is 0.184 e. The van der Waals surface area contributed by atoms with Gasteiger partial charge in [-0.25, -0.2) is 0 Å². The number of hydrogen-bond acceptors (Lipinski definition) is 3. The average Bonchev–Trinajstić information content (AvgIpc) is 2.75. The summed E-state index contributed by atoms with van der Waals surface area (Å²) in [6, 6.07) is 8.97. The number of methoxy groups -OCH3 is 1. The summed E-state index contributed by atoms with van der Waals surface area (Å²) in [6.07, 6.45) is 1.69. The molecule has 0 aliphatic heterocycles. The molecule has 1 aromatic heterocycles. The second kappa shape index (κ2) is 4.82. The van der Waals surface area contributed by atoms with E-state index in [-0.39, 0.29) is 12.3 Å². The summed E-state index contributed by atoms with van der Waals surface area (Å²) >= 11 is 0. The number of carbonyl (C=O) groups is 1. The number of hydrogen-bond donors (Lipinski definition) is 0. The van der Waals surface area contributed by atoms with Crippen molar-refractivity contribution in [2.24, 2.45) is 0 Å². The number of aryl methyl sites for hydroxylation is 1. The van der Waals surface area contributed by atoms with Crippen LogP contribution in [0.2, 0.25) is 0 Å². The Kier molecular flexibility index (Phi) is 3.23. The highest BCUT2D eigenvalue weighted by atomic mass is 16.5. The van der Waals surface area contributed by atoms with Gasteiger partial charge >= 0.3 is 0 Å². The Labute approximate surface area is 99.8 Å². The summed E-state index contributed by atoms with van der Waals surface area (Å²) < 4.78 is 6.73. The first-order valence-corrected chi connectivity index (χ1v) is 5.36. The van der Waals surface area contributed by atoms with Crippen molar-refractivity contribution < 1.29 is 9.53 Å². The minimum atomic E-state index is 0.0412. The lowest BCUT2D eigenvalue weighted by molar-refractivity contribution is 0.0967. The van der Waals surface area contributed by atoms with Crippen LogP contribution in [0.25, 0.3) is 0 Å². The number of rotatable bonds is 4. The summed E-state index contributed by atoms with van der Waals surface area (Å²) in [5, 5.41) is 4.09. The third kappa shape index (κ3) is 2.53. The highest BCUT2D eigenvalue weighted by Crippen LogP contribution is 2.12. The zero-order chi connectivity index (χ0) is 12.3. The summed E-state index contributed by atoms with van der Waals surface area (Å²) in [7, 11) is 1.60. The third-order valence-corrected chi connectivity index (χ3v) is 2.63. The fourth-order valence-electron chi connectivity index (χ4n) is 1.57. The second-order valence-electron chi connectivity index (χ2n) is 3.78. The standard InChI is InChI=1S/C13H14N2O2/c1-10-7-8-14-15(10)9-13(16)11-3-5-12(17-2)6-4-11/h3-8H,9H2,1-2H3. The first kappa shape index (κ1) is 11.4. The van der Waals surface area contributed by atoms with Crippen molar-refractivity contribution in [1.29, 1.82) is 0 Å². The number of benzene rings is 1. The van der Waals surface area contributed by atoms with Crippen molar-refractivity contribution in [2.75, 3.05) is 7.11 Å². The molecule has 2 aromatic rings. The lowest BCUT2D eigenvalue weighted by Gasteiger charge is -2.05. The number of carbonyl (C=O) groups excluding carboxylic acids is 1. The summed E-state index contributed by atoms with van der Waals surface area (Å²) in [4.78, 5) is 12.0. The van der Waals surface area contributed by atoms with Crippen LogP contribution >= 0.6 is 0 Å². The van der Waals surface area contributed by atoms with E-state index in [1.54, 1.807) is 42.3 Å². The van der Waals surface area contributed by atoms with E-state index in [1.165, 1.54) is 0 Å². The van der Waals surface area contributed by atoms with E-state index in [2.05, 4.69) is 5.10 Å². The van der Waals surface area contributed by atoms with Gasteiger partial charge in [-0.1, -0.05) is 0 Å². The molecule has 1 heterocycles. The van der Waals surface area contributed by atoms with E-state index in [9.17, 15) is 4.79 Å². The molecule has 0 spiro atoms. The minimum absolute atomic E-state index is 0.0412. The van der Waals surface area contributed by atoms with Crippen LogP contribution in [-0.2, 0) is 6.54 Å². The van der Waals surface area contributed by atoms with Gasteiger partial charge in [-0.2, -0.15) is 5.10 Å². The van der Waals surface area contributed by atoms with E-state index >= 15 is 0 Å². The third-order valence-electron chi connectivity index (χ3n) is 2.63. The highest BCUT2D eigenvalue weighted by Gasteiger charge is 2.08. The topological polar surface area (TPSA) is 44.1 Å². The van der Waals surface area contributed by atoms with E-state index < -0.39 is 0 Å². The Balaban J connectivity index is 2.12. The summed E-state index contributed by atoms with van der Waals surface area (Å²) in [6.45, 7) is 2.19. The lowest BCUT2D eigenvalue weighted by atomic mass is 10.1. The van der Waals surface area contributed by atoms with E-state index in [0.717, 1.165) is 11.4 Å². The van der Waals surface area contributed by atoms with Gasteiger partial charge in [0.1, 0.15) is 12.3 Å². The zero-order valence-corrected chi connectivity index (χ0v) is 9.88. The van der Waals surface area contributed by atoms with Gasteiger partial charge in [-0.15, -0.1) is 0 Å². The van der Waals surface area contributed by atoms with Crippen molar-refractivity contribution in [3.8, 4) is 5.75 Å². The number of Topliss-reactive ketones (excluding diaryl/α,β-unsaturated/α-hetero) is 1. The molecule has 4 nitrogen and oxygen atoms in total. The zero-order valence-electron chi connectivity index (χ0n) is 9.88. The van der Waals surface area contributed by atoms with Gasteiger partial charge in [0.2, 0.25) is 0 Å². The molecule has 0 saturated heterocycles. The molecule has 88 valence electrons. The van der Waals surface area contributed by atoms with Gasteiger partial charge in [-0.05, 0) is 37.3 Å². The maximum atomic E-state index is 12.0. The van der Waals surface area contributed by atoms with Gasteiger partial charge < -0.3 is 4.74 Å². The predicted octanol–water partition coefficient (Wildman–Crippen LogP) is 2.08. The van der Waals surface area contributed by atoms with Crippen LogP contribution in [0.3, 0.4) is 0 Å². The Hall–Kier alpha value is -2.10. The molecule has 0 atom stereocenters. The Morgan fingerprint density at radius 1 is 1.29 bits per heavy atom. The molecule has 0 fully saturated rings. The van der Waals surface area contributed by atoms with E-state index in [0.29, 0.717) is 5.56 Å². The van der Waals surface area contributed by atoms with Crippen LogP contribution in [0.5, 0.6) is 5.75 Å². The largest absolute Gasteiger partial charge is 0.497 e. The number of ether oxygens (including phenoxy) is 1. The second-order valence-corrected chi connectivity index (χ2v) is 3.78. The monoisotopic (exact) mass is 230 g/mol. The molecule has 0 bridgehead atoms. The van der Waals surface area contributed by atoms with Gasteiger partial charge in [0, 0.05) is 17.5 Å². The molecule has 17 heavy (non-hydrogen) atoms. The molecule has 0 saturated carbocycles. The van der Waals surface area contributed by atoms with Crippen molar-refractivity contribution >= 4 is 5.78 Å². The van der Waals surface area contributed by atoms with Gasteiger partial charge in [0.15, 0.2) is 5.78 Å². The molecule has 4 heteroatoms. The molecule has 1 aromatic carbocycles. The maximum Gasteiger partial charge on any atom is 0.184 e.